The van der Waals surface area contributed by atoms with Gasteiger partial charge in [-0.25, -0.2) is 0 Å². The molecule has 2 aromatic carbocycles. The number of nitrogens with zero attached hydrogens (tertiary/aromatic N) is 2. The van der Waals surface area contributed by atoms with Gasteiger partial charge in [0.2, 0.25) is 0 Å². The van der Waals surface area contributed by atoms with Crippen LogP contribution in [-0.4, -0.2) is 47.8 Å². The lowest BCUT2D eigenvalue weighted by Crippen LogP contribution is -2.29. The van der Waals surface area contributed by atoms with Gasteiger partial charge in [0.1, 0.15) is 0 Å². The number of carbonyl (C=O) groups excluding carboxylic acids is 2. The van der Waals surface area contributed by atoms with Crippen molar-refractivity contribution in [2.45, 2.75) is 38.6 Å². The summed E-state index contributed by atoms with van der Waals surface area (Å²) >= 11 is 0. The highest BCUT2D eigenvalue weighted by Crippen LogP contribution is 2.21. The topological polar surface area (TPSA) is 52.7 Å². The van der Waals surface area contributed by atoms with E-state index < -0.39 is 0 Å². The fraction of sp³-hybridized carbons (Fsp3) is 0.417. The van der Waals surface area contributed by atoms with Crippen LogP contribution in [0.1, 0.15) is 58.4 Å². The Balaban J connectivity index is 1.42. The van der Waals surface area contributed by atoms with E-state index in [0.717, 1.165) is 45.6 Å². The zero-order chi connectivity index (χ0) is 20.1. The highest BCUT2D eigenvalue weighted by molar-refractivity contribution is 6.09. The molecule has 0 aromatic heterocycles. The van der Waals surface area contributed by atoms with Crippen LogP contribution >= 0.6 is 0 Å². The fourth-order valence-corrected chi connectivity index (χ4v) is 4.20. The first-order chi connectivity index (χ1) is 14.2. The first-order valence-corrected chi connectivity index (χ1v) is 10.7. The molecule has 2 amide bonds. The molecule has 2 aliphatic heterocycles. The molecule has 2 fully saturated rings. The molecule has 5 nitrogen and oxygen atoms in total. The van der Waals surface area contributed by atoms with Crippen molar-refractivity contribution in [1.29, 1.82) is 0 Å². The highest BCUT2D eigenvalue weighted by Gasteiger charge is 2.22. The molecule has 0 saturated carbocycles. The Labute approximate surface area is 172 Å². The minimum atomic E-state index is -0.184. The van der Waals surface area contributed by atoms with Gasteiger partial charge in [-0.05, 0) is 68.6 Å². The average molecular weight is 392 g/mol. The van der Waals surface area contributed by atoms with Gasteiger partial charge in [0.25, 0.3) is 11.8 Å². The molecule has 0 bridgehead atoms. The highest BCUT2D eigenvalue weighted by atomic mass is 16.2. The van der Waals surface area contributed by atoms with E-state index in [9.17, 15) is 9.59 Å². The van der Waals surface area contributed by atoms with Crippen molar-refractivity contribution < 1.29 is 9.59 Å². The van der Waals surface area contributed by atoms with Crippen molar-refractivity contribution in [3.8, 4) is 0 Å². The molecule has 1 N–H and O–H groups in total. The molecule has 0 radical (unpaired) electrons. The maximum atomic E-state index is 12.8. The summed E-state index contributed by atoms with van der Waals surface area (Å²) in [6.45, 7) is 4.84. The van der Waals surface area contributed by atoms with Gasteiger partial charge in [-0.3, -0.25) is 14.5 Å². The quantitative estimate of drug-likeness (QED) is 0.833. The molecule has 5 heteroatoms. The van der Waals surface area contributed by atoms with Gasteiger partial charge in [0.05, 0.1) is 11.3 Å². The number of carbonyl (C=O) groups is 2. The lowest BCUT2D eigenvalue weighted by atomic mass is 10.1. The van der Waals surface area contributed by atoms with Crippen LogP contribution in [0.5, 0.6) is 0 Å². The van der Waals surface area contributed by atoms with Gasteiger partial charge in [-0.15, -0.1) is 0 Å². The van der Waals surface area contributed by atoms with Gasteiger partial charge in [-0.2, -0.15) is 0 Å². The lowest BCUT2D eigenvalue weighted by Gasteiger charge is -2.26. The van der Waals surface area contributed by atoms with E-state index in [1.165, 1.54) is 24.8 Å². The third-order valence-electron chi connectivity index (χ3n) is 5.87. The molecule has 152 valence electrons. The van der Waals surface area contributed by atoms with Crippen LogP contribution < -0.4 is 5.32 Å². The minimum Gasteiger partial charge on any atom is -0.339 e. The summed E-state index contributed by atoms with van der Waals surface area (Å²) in [5, 5.41) is 2.94. The molecular formula is C24H29N3O2. The van der Waals surface area contributed by atoms with E-state index in [0.29, 0.717) is 16.8 Å². The number of hydrogen-bond acceptors (Lipinski definition) is 3. The van der Waals surface area contributed by atoms with Crippen LogP contribution in [-0.2, 0) is 6.54 Å². The average Bonchev–Trinajstić information content (AvgIpc) is 3.30. The molecule has 0 aliphatic carbocycles. The maximum Gasteiger partial charge on any atom is 0.255 e. The SMILES string of the molecule is O=C(Nc1ccccc1C(=O)N1CCCC1)c1ccc(CN2CCCCC2)cc1. The molecule has 0 spiro atoms. The van der Waals surface area contributed by atoms with Crippen LogP contribution in [0.2, 0.25) is 0 Å². The standard InChI is InChI=1S/C24H29N3O2/c28-23(20-12-10-19(11-13-20)18-26-14-4-1-5-15-26)25-22-9-3-2-8-21(22)24(29)27-16-6-7-17-27/h2-3,8-13H,1,4-7,14-18H2,(H,25,28). The van der Waals surface area contributed by atoms with Crippen molar-refractivity contribution >= 4 is 17.5 Å². The van der Waals surface area contributed by atoms with Crippen molar-refractivity contribution in [3.05, 3.63) is 65.2 Å². The molecule has 2 aromatic rings. The largest absolute Gasteiger partial charge is 0.339 e. The number of amides is 2. The monoisotopic (exact) mass is 391 g/mol. The number of nitrogens with one attached hydrogen (secondary N) is 1. The van der Waals surface area contributed by atoms with Gasteiger partial charge in [0, 0.05) is 25.2 Å². The molecule has 2 heterocycles. The number of piperidine rings is 1. The Hall–Kier alpha value is -2.66. The Morgan fingerprint density at radius 3 is 2.17 bits per heavy atom. The first kappa shape index (κ1) is 19.6. The Kier molecular flexibility index (Phi) is 6.25. The van der Waals surface area contributed by atoms with E-state index in [2.05, 4.69) is 10.2 Å². The molecule has 29 heavy (non-hydrogen) atoms. The van der Waals surface area contributed by atoms with Gasteiger partial charge >= 0.3 is 0 Å². The molecule has 0 atom stereocenters. The van der Waals surface area contributed by atoms with E-state index in [1.54, 1.807) is 12.1 Å². The summed E-state index contributed by atoms with van der Waals surface area (Å²) in [6.07, 6.45) is 5.97. The van der Waals surface area contributed by atoms with E-state index >= 15 is 0 Å². The lowest BCUT2D eigenvalue weighted by molar-refractivity contribution is 0.0794. The minimum absolute atomic E-state index is 0.00437. The van der Waals surface area contributed by atoms with Crippen LogP contribution in [0.25, 0.3) is 0 Å². The van der Waals surface area contributed by atoms with Gasteiger partial charge in [-0.1, -0.05) is 30.7 Å². The Morgan fingerprint density at radius 1 is 0.793 bits per heavy atom. The third-order valence-corrected chi connectivity index (χ3v) is 5.87. The van der Waals surface area contributed by atoms with Crippen molar-refractivity contribution in [1.82, 2.24) is 9.80 Å². The number of para-hydroxylation sites is 1. The Morgan fingerprint density at radius 2 is 1.45 bits per heavy atom. The van der Waals surface area contributed by atoms with Crippen LogP contribution in [0.4, 0.5) is 5.69 Å². The zero-order valence-corrected chi connectivity index (χ0v) is 16.9. The first-order valence-electron chi connectivity index (χ1n) is 10.7. The molecule has 4 rings (SSSR count). The predicted octanol–water partition coefficient (Wildman–Crippen LogP) is 4.16. The van der Waals surface area contributed by atoms with Crippen molar-refractivity contribution in [2.24, 2.45) is 0 Å². The number of benzene rings is 2. The number of hydrogen-bond donors (Lipinski definition) is 1. The van der Waals surface area contributed by atoms with Crippen LogP contribution in [0, 0.1) is 0 Å². The van der Waals surface area contributed by atoms with E-state index in [4.69, 9.17) is 0 Å². The van der Waals surface area contributed by atoms with Gasteiger partial charge in [0.15, 0.2) is 0 Å². The molecular weight excluding hydrogens is 362 g/mol. The number of anilines is 1. The predicted molar refractivity (Wildman–Crippen MR) is 115 cm³/mol. The van der Waals surface area contributed by atoms with Crippen molar-refractivity contribution in [3.63, 3.8) is 0 Å². The second-order valence-corrected chi connectivity index (χ2v) is 8.03. The normalized spacial score (nSPS) is 17.3. The van der Waals surface area contributed by atoms with Gasteiger partial charge < -0.3 is 10.2 Å². The third kappa shape index (κ3) is 4.85. The van der Waals surface area contributed by atoms with Crippen LogP contribution in [0.3, 0.4) is 0 Å². The Bertz CT molecular complexity index is 851. The number of likely N-dealkylation sites (tertiary alicyclic amines) is 2. The molecule has 2 aliphatic rings. The second-order valence-electron chi connectivity index (χ2n) is 8.03. The summed E-state index contributed by atoms with van der Waals surface area (Å²) in [6, 6.07) is 15.1. The summed E-state index contributed by atoms with van der Waals surface area (Å²) in [5.74, 6) is -0.188. The smallest absolute Gasteiger partial charge is 0.255 e. The molecule has 2 saturated heterocycles. The van der Waals surface area contributed by atoms with E-state index in [-0.39, 0.29) is 11.8 Å². The van der Waals surface area contributed by atoms with E-state index in [1.807, 2.05) is 41.3 Å². The fourth-order valence-electron chi connectivity index (χ4n) is 4.20. The summed E-state index contributed by atoms with van der Waals surface area (Å²) in [5.41, 5.74) is 2.97. The summed E-state index contributed by atoms with van der Waals surface area (Å²) in [7, 11) is 0. The maximum absolute atomic E-state index is 12.8. The summed E-state index contributed by atoms with van der Waals surface area (Å²) in [4.78, 5) is 29.9. The summed E-state index contributed by atoms with van der Waals surface area (Å²) < 4.78 is 0. The van der Waals surface area contributed by atoms with Crippen LogP contribution in [0.15, 0.2) is 48.5 Å². The second kappa shape index (κ2) is 9.23. The zero-order valence-electron chi connectivity index (χ0n) is 16.9. The molecule has 0 unspecified atom stereocenters. The van der Waals surface area contributed by atoms with Crippen molar-refractivity contribution in [2.75, 3.05) is 31.5 Å². The number of rotatable bonds is 5.